The maximum Gasteiger partial charge on any atom is 0.186 e. The van der Waals surface area contributed by atoms with Gasteiger partial charge in [0.2, 0.25) is 0 Å². The smallest absolute Gasteiger partial charge is 0.186 e. The fourth-order valence-corrected chi connectivity index (χ4v) is 1.63. The van der Waals surface area contributed by atoms with Crippen molar-refractivity contribution in [3.8, 4) is 0 Å². The molecular formula is C11H18ClN3. The minimum Gasteiger partial charge on any atom is -0.370 e. The van der Waals surface area contributed by atoms with Crippen molar-refractivity contribution < 1.29 is 0 Å². The summed E-state index contributed by atoms with van der Waals surface area (Å²) >= 11 is 0. The Kier molecular flexibility index (Phi) is 5.15. The molecule has 0 aromatic heterocycles. The van der Waals surface area contributed by atoms with Crippen molar-refractivity contribution in [2.45, 2.75) is 27.3 Å². The summed E-state index contributed by atoms with van der Waals surface area (Å²) < 4.78 is 0. The number of nitrogens with two attached hydrogens (primary N) is 2. The first-order valence-electron chi connectivity index (χ1n) is 4.63. The molecule has 3 nitrogen and oxygen atoms in total. The van der Waals surface area contributed by atoms with E-state index in [-0.39, 0.29) is 18.4 Å². The van der Waals surface area contributed by atoms with Crippen LogP contribution in [0.15, 0.2) is 17.1 Å². The number of hydrogen-bond donors (Lipinski definition) is 2. The molecule has 0 aliphatic carbocycles. The fourth-order valence-electron chi connectivity index (χ4n) is 1.63. The van der Waals surface area contributed by atoms with Crippen LogP contribution in [-0.4, -0.2) is 5.96 Å². The van der Waals surface area contributed by atoms with E-state index in [0.29, 0.717) is 6.54 Å². The van der Waals surface area contributed by atoms with E-state index in [2.05, 4.69) is 37.9 Å². The number of rotatable bonds is 2. The molecule has 15 heavy (non-hydrogen) atoms. The zero-order valence-corrected chi connectivity index (χ0v) is 10.2. The Balaban J connectivity index is 0.00000196. The number of nitrogens with zero attached hydrogens (tertiary/aromatic N) is 1. The van der Waals surface area contributed by atoms with Gasteiger partial charge in [0.1, 0.15) is 0 Å². The molecule has 1 aromatic rings. The normalized spacial score (nSPS) is 9.27. The first-order valence-corrected chi connectivity index (χ1v) is 4.63. The lowest BCUT2D eigenvalue weighted by atomic mass is 10.00. The average molecular weight is 228 g/mol. The monoisotopic (exact) mass is 227 g/mol. The zero-order chi connectivity index (χ0) is 10.7. The zero-order valence-electron chi connectivity index (χ0n) is 9.37. The van der Waals surface area contributed by atoms with Crippen LogP contribution in [-0.2, 0) is 6.54 Å². The highest BCUT2D eigenvalue weighted by molar-refractivity contribution is 5.85. The minimum absolute atomic E-state index is 0. The van der Waals surface area contributed by atoms with Gasteiger partial charge in [-0.3, -0.25) is 0 Å². The van der Waals surface area contributed by atoms with Crippen molar-refractivity contribution in [1.82, 2.24) is 0 Å². The van der Waals surface area contributed by atoms with Crippen LogP contribution in [0.1, 0.15) is 22.3 Å². The summed E-state index contributed by atoms with van der Waals surface area (Å²) in [5, 5.41) is 0. The summed E-state index contributed by atoms with van der Waals surface area (Å²) in [7, 11) is 0. The van der Waals surface area contributed by atoms with Crippen molar-refractivity contribution in [2.75, 3.05) is 0 Å². The van der Waals surface area contributed by atoms with Gasteiger partial charge >= 0.3 is 0 Å². The second-order valence-electron chi connectivity index (χ2n) is 3.62. The van der Waals surface area contributed by atoms with Gasteiger partial charge in [-0.25, -0.2) is 4.99 Å². The Hall–Kier alpha value is -1.22. The second kappa shape index (κ2) is 5.61. The number of aryl methyl sites for hydroxylation is 3. The van der Waals surface area contributed by atoms with Crippen LogP contribution in [0.25, 0.3) is 0 Å². The number of benzene rings is 1. The van der Waals surface area contributed by atoms with Gasteiger partial charge < -0.3 is 11.5 Å². The Morgan fingerprint density at radius 1 is 1.13 bits per heavy atom. The molecule has 0 aliphatic heterocycles. The van der Waals surface area contributed by atoms with Crippen LogP contribution in [0.3, 0.4) is 0 Å². The van der Waals surface area contributed by atoms with E-state index in [9.17, 15) is 0 Å². The van der Waals surface area contributed by atoms with Crippen LogP contribution < -0.4 is 11.5 Å². The predicted octanol–water partition coefficient (Wildman–Crippen LogP) is 1.81. The van der Waals surface area contributed by atoms with E-state index in [1.54, 1.807) is 0 Å². The lowest BCUT2D eigenvalue weighted by Gasteiger charge is -2.08. The van der Waals surface area contributed by atoms with Crippen LogP contribution in [0.2, 0.25) is 0 Å². The third-order valence-corrected chi connectivity index (χ3v) is 2.26. The molecule has 0 radical (unpaired) electrons. The Bertz CT molecular complexity index is 345. The Morgan fingerprint density at radius 3 is 2.00 bits per heavy atom. The van der Waals surface area contributed by atoms with Gasteiger partial charge in [0.25, 0.3) is 0 Å². The maximum atomic E-state index is 5.30. The molecule has 0 saturated heterocycles. The van der Waals surface area contributed by atoms with Crippen molar-refractivity contribution in [3.63, 3.8) is 0 Å². The molecule has 4 N–H and O–H groups in total. The van der Waals surface area contributed by atoms with E-state index in [4.69, 9.17) is 11.5 Å². The molecule has 0 fully saturated rings. The summed E-state index contributed by atoms with van der Waals surface area (Å²) in [5.74, 6) is 0.143. The second-order valence-corrected chi connectivity index (χ2v) is 3.62. The lowest BCUT2D eigenvalue weighted by molar-refractivity contribution is 1.01. The van der Waals surface area contributed by atoms with Crippen molar-refractivity contribution in [3.05, 3.63) is 34.4 Å². The van der Waals surface area contributed by atoms with E-state index in [1.807, 2.05) is 0 Å². The van der Waals surface area contributed by atoms with Gasteiger partial charge in [-0.2, -0.15) is 0 Å². The van der Waals surface area contributed by atoms with Crippen molar-refractivity contribution in [2.24, 2.45) is 16.5 Å². The molecule has 0 heterocycles. The molecule has 0 amide bonds. The van der Waals surface area contributed by atoms with E-state index in [0.717, 1.165) is 0 Å². The summed E-state index contributed by atoms with van der Waals surface area (Å²) in [6.07, 6.45) is 0. The molecule has 0 aliphatic rings. The quantitative estimate of drug-likeness (QED) is 0.598. The Labute approximate surface area is 97.0 Å². The molecule has 1 aromatic carbocycles. The molecule has 0 saturated carbocycles. The molecular weight excluding hydrogens is 210 g/mol. The topological polar surface area (TPSA) is 64.4 Å². The number of hydrogen-bond acceptors (Lipinski definition) is 1. The third kappa shape index (κ3) is 3.80. The van der Waals surface area contributed by atoms with Gasteiger partial charge in [-0.05, 0) is 37.5 Å². The SMILES string of the molecule is Cc1cc(C)c(CN=C(N)N)c(C)c1.Cl. The molecule has 0 bridgehead atoms. The summed E-state index contributed by atoms with van der Waals surface area (Å²) in [6, 6.07) is 4.29. The summed E-state index contributed by atoms with van der Waals surface area (Å²) in [5.41, 5.74) is 15.6. The molecule has 0 spiro atoms. The van der Waals surface area contributed by atoms with Crippen LogP contribution in [0, 0.1) is 20.8 Å². The fraction of sp³-hybridized carbons (Fsp3) is 0.364. The van der Waals surface area contributed by atoms with Crippen LogP contribution in [0.4, 0.5) is 0 Å². The molecule has 84 valence electrons. The highest BCUT2D eigenvalue weighted by Crippen LogP contribution is 2.16. The molecule has 4 heteroatoms. The largest absolute Gasteiger partial charge is 0.370 e. The lowest BCUT2D eigenvalue weighted by Crippen LogP contribution is -2.22. The van der Waals surface area contributed by atoms with Gasteiger partial charge in [0.05, 0.1) is 6.54 Å². The molecule has 1 rings (SSSR count). The third-order valence-electron chi connectivity index (χ3n) is 2.26. The van der Waals surface area contributed by atoms with Gasteiger partial charge in [0, 0.05) is 0 Å². The summed E-state index contributed by atoms with van der Waals surface area (Å²) in [6.45, 7) is 6.82. The standard InChI is InChI=1S/C11H17N3.ClH/c1-7-4-8(2)10(9(3)5-7)6-14-11(12)13;/h4-5H,6H2,1-3H3,(H4,12,13,14);1H. The van der Waals surface area contributed by atoms with Gasteiger partial charge in [-0.15, -0.1) is 12.4 Å². The molecule has 0 atom stereocenters. The Morgan fingerprint density at radius 2 is 1.60 bits per heavy atom. The van der Waals surface area contributed by atoms with Crippen molar-refractivity contribution in [1.29, 1.82) is 0 Å². The van der Waals surface area contributed by atoms with Crippen LogP contribution in [0.5, 0.6) is 0 Å². The number of aliphatic imine (C=N–C) groups is 1. The van der Waals surface area contributed by atoms with Crippen molar-refractivity contribution >= 4 is 18.4 Å². The van der Waals surface area contributed by atoms with E-state index < -0.39 is 0 Å². The predicted molar refractivity (Wildman–Crippen MR) is 67.4 cm³/mol. The summed E-state index contributed by atoms with van der Waals surface area (Å²) in [4.78, 5) is 4.02. The number of guanidine groups is 1. The van der Waals surface area contributed by atoms with Gasteiger partial charge in [0.15, 0.2) is 5.96 Å². The van der Waals surface area contributed by atoms with Gasteiger partial charge in [-0.1, -0.05) is 17.7 Å². The maximum absolute atomic E-state index is 5.30. The first-order chi connectivity index (χ1) is 6.50. The highest BCUT2D eigenvalue weighted by Gasteiger charge is 2.02. The first kappa shape index (κ1) is 13.8. The molecule has 0 unspecified atom stereocenters. The average Bonchev–Trinajstić information content (AvgIpc) is 2.01. The van der Waals surface area contributed by atoms with Crippen LogP contribution >= 0.6 is 12.4 Å². The van der Waals surface area contributed by atoms with E-state index in [1.165, 1.54) is 22.3 Å². The number of halogens is 1. The van der Waals surface area contributed by atoms with E-state index >= 15 is 0 Å². The highest BCUT2D eigenvalue weighted by atomic mass is 35.5. The minimum atomic E-state index is 0.